The van der Waals surface area contributed by atoms with Crippen molar-refractivity contribution in [1.29, 1.82) is 0 Å². The molecule has 0 bridgehead atoms. The number of aryl methyl sites for hydroxylation is 1. The first kappa shape index (κ1) is 12.2. The Balaban J connectivity index is 1.86. The lowest BCUT2D eigenvalue weighted by Crippen LogP contribution is -2.33. The first-order valence-electron chi connectivity index (χ1n) is 6.64. The fourth-order valence-corrected chi connectivity index (χ4v) is 2.60. The predicted molar refractivity (Wildman–Crippen MR) is 74.3 cm³/mol. The minimum absolute atomic E-state index is 0.00777. The molecule has 2 aromatic rings. The van der Waals surface area contributed by atoms with Crippen molar-refractivity contribution in [3.63, 3.8) is 0 Å². The van der Waals surface area contributed by atoms with E-state index in [0.717, 1.165) is 30.5 Å². The molecule has 1 unspecified atom stereocenters. The maximum absolute atomic E-state index is 12.4. The van der Waals surface area contributed by atoms with Crippen LogP contribution in [0.4, 0.5) is 0 Å². The van der Waals surface area contributed by atoms with Crippen molar-refractivity contribution < 1.29 is 9.21 Å². The molecule has 0 spiro atoms. The van der Waals surface area contributed by atoms with Gasteiger partial charge in [-0.3, -0.25) is 4.79 Å². The summed E-state index contributed by atoms with van der Waals surface area (Å²) in [6.45, 7) is 3.58. The fraction of sp³-hybridized carbons (Fsp3) is 0.400. The molecule has 0 saturated carbocycles. The zero-order valence-corrected chi connectivity index (χ0v) is 11.3. The minimum Gasteiger partial charge on any atom is -0.451 e. The van der Waals surface area contributed by atoms with Crippen LogP contribution >= 0.6 is 0 Å². The summed E-state index contributed by atoms with van der Waals surface area (Å²) in [6, 6.07) is 8.19. The molecule has 1 aliphatic heterocycles. The number of rotatable bonds is 2. The number of likely N-dealkylation sites (N-methyl/N-ethyl adjacent to an activating group) is 1. The van der Waals surface area contributed by atoms with E-state index in [2.05, 4.69) is 5.32 Å². The number of nitrogens with zero attached hydrogens (tertiary/aromatic N) is 1. The summed E-state index contributed by atoms with van der Waals surface area (Å²) in [4.78, 5) is 14.2. The van der Waals surface area contributed by atoms with Crippen LogP contribution in [-0.2, 0) is 0 Å². The molecule has 1 N–H and O–H groups in total. The quantitative estimate of drug-likeness (QED) is 0.898. The van der Waals surface area contributed by atoms with Gasteiger partial charge in [-0.15, -0.1) is 0 Å². The summed E-state index contributed by atoms with van der Waals surface area (Å²) >= 11 is 0. The number of furan rings is 1. The molecule has 1 amide bonds. The summed E-state index contributed by atoms with van der Waals surface area (Å²) in [5.74, 6) is 0.434. The smallest absolute Gasteiger partial charge is 0.289 e. The van der Waals surface area contributed by atoms with Crippen LogP contribution in [0.5, 0.6) is 0 Å². The Morgan fingerprint density at radius 3 is 3.00 bits per heavy atom. The highest BCUT2D eigenvalue weighted by Crippen LogP contribution is 2.23. The van der Waals surface area contributed by atoms with Gasteiger partial charge in [-0.2, -0.15) is 0 Å². The highest BCUT2D eigenvalue weighted by molar-refractivity contribution is 5.96. The molecule has 100 valence electrons. The third kappa shape index (κ3) is 2.24. The molecule has 19 heavy (non-hydrogen) atoms. The van der Waals surface area contributed by atoms with Gasteiger partial charge in [0, 0.05) is 24.5 Å². The molecule has 1 fully saturated rings. The van der Waals surface area contributed by atoms with E-state index < -0.39 is 0 Å². The van der Waals surface area contributed by atoms with E-state index in [4.69, 9.17) is 4.42 Å². The van der Waals surface area contributed by atoms with Crippen molar-refractivity contribution in [2.24, 2.45) is 0 Å². The number of hydrogen-bond donors (Lipinski definition) is 1. The first-order valence-corrected chi connectivity index (χ1v) is 6.64. The normalized spacial score (nSPS) is 19.3. The van der Waals surface area contributed by atoms with Crippen LogP contribution in [0.2, 0.25) is 0 Å². The lowest BCUT2D eigenvalue weighted by molar-refractivity contribution is 0.0760. The van der Waals surface area contributed by atoms with Crippen LogP contribution in [0.3, 0.4) is 0 Å². The average Bonchev–Trinajstić information content (AvgIpc) is 3.03. The molecular formula is C15H18N2O2. The Hall–Kier alpha value is -1.81. The second-order valence-electron chi connectivity index (χ2n) is 5.18. The van der Waals surface area contributed by atoms with Gasteiger partial charge in [0.1, 0.15) is 5.58 Å². The zero-order valence-electron chi connectivity index (χ0n) is 11.3. The minimum atomic E-state index is -0.00777. The highest BCUT2D eigenvalue weighted by atomic mass is 16.3. The molecule has 0 radical (unpaired) electrons. The van der Waals surface area contributed by atoms with Gasteiger partial charge in [0.05, 0.1) is 0 Å². The molecule has 4 heteroatoms. The summed E-state index contributed by atoms with van der Waals surface area (Å²) in [7, 11) is 1.93. The number of fused-ring (bicyclic) bond motifs is 1. The Kier molecular flexibility index (Phi) is 3.03. The summed E-state index contributed by atoms with van der Waals surface area (Å²) in [5.41, 5.74) is 1.95. The van der Waals surface area contributed by atoms with Gasteiger partial charge in [0.15, 0.2) is 5.76 Å². The van der Waals surface area contributed by atoms with Gasteiger partial charge >= 0.3 is 0 Å². The van der Waals surface area contributed by atoms with Crippen LogP contribution < -0.4 is 5.32 Å². The standard InChI is InChI=1S/C15H18N2O2/c1-10-3-4-13-11(7-10)8-14(19-13)15(18)17-6-5-12(9-17)16-2/h3-4,7-8,12,16H,5-6,9H2,1-2H3. The lowest BCUT2D eigenvalue weighted by atomic mass is 10.2. The highest BCUT2D eigenvalue weighted by Gasteiger charge is 2.27. The molecule has 1 aliphatic rings. The third-order valence-corrected chi connectivity index (χ3v) is 3.77. The first-order chi connectivity index (χ1) is 9.17. The van der Waals surface area contributed by atoms with Gasteiger partial charge in [0.2, 0.25) is 0 Å². The molecule has 4 nitrogen and oxygen atoms in total. The third-order valence-electron chi connectivity index (χ3n) is 3.77. The number of nitrogens with one attached hydrogen (secondary N) is 1. The van der Waals surface area contributed by atoms with Gasteiger partial charge in [-0.05, 0) is 38.6 Å². The Morgan fingerprint density at radius 1 is 1.42 bits per heavy atom. The number of hydrogen-bond acceptors (Lipinski definition) is 3. The van der Waals surface area contributed by atoms with E-state index in [0.29, 0.717) is 11.8 Å². The maximum Gasteiger partial charge on any atom is 0.289 e. The van der Waals surface area contributed by atoms with Crippen LogP contribution in [0, 0.1) is 6.92 Å². The second kappa shape index (κ2) is 4.70. The van der Waals surface area contributed by atoms with Gasteiger partial charge < -0.3 is 14.6 Å². The molecule has 1 atom stereocenters. The summed E-state index contributed by atoms with van der Waals surface area (Å²) < 4.78 is 5.65. The molecule has 1 aromatic heterocycles. The Bertz CT molecular complexity index is 618. The van der Waals surface area contributed by atoms with E-state index in [1.54, 1.807) is 0 Å². The van der Waals surface area contributed by atoms with E-state index in [1.807, 2.05) is 43.1 Å². The molecule has 3 rings (SSSR count). The van der Waals surface area contributed by atoms with E-state index in [9.17, 15) is 4.79 Å². The topological polar surface area (TPSA) is 45.5 Å². The molecule has 0 aliphatic carbocycles. The van der Waals surface area contributed by atoms with Crippen molar-refractivity contribution in [3.05, 3.63) is 35.6 Å². The van der Waals surface area contributed by atoms with E-state index in [-0.39, 0.29) is 5.91 Å². The fourth-order valence-electron chi connectivity index (χ4n) is 2.60. The summed E-state index contributed by atoms with van der Waals surface area (Å²) in [5, 5.41) is 4.20. The molecule has 1 aromatic carbocycles. The Labute approximate surface area is 112 Å². The second-order valence-corrected chi connectivity index (χ2v) is 5.18. The van der Waals surface area contributed by atoms with Crippen LogP contribution in [0.25, 0.3) is 11.0 Å². The van der Waals surface area contributed by atoms with Crippen LogP contribution in [0.15, 0.2) is 28.7 Å². The van der Waals surface area contributed by atoms with Crippen molar-refractivity contribution in [2.75, 3.05) is 20.1 Å². The zero-order chi connectivity index (χ0) is 13.4. The van der Waals surface area contributed by atoms with Crippen LogP contribution in [0.1, 0.15) is 22.5 Å². The number of amides is 1. The van der Waals surface area contributed by atoms with Crippen LogP contribution in [-0.4, -0.2) is 37.0 Å². The lowest BCUT2D eigenvalue weighted by Gasteiger charge is -2.14. The number of carbonyl (C=O) groups excluding carboxylic acids is 1. The van der Waals surface area contributed by atoms with Crippen molar-refractivity contribution in [3.8, 4) is 0 Å². The van der Waals surface area contributed by atoms with E-state index >= 15 is 0 Å². The molecular weight excluding hydrogens is 240 g/mol. The van der Waals surface area contributed by atoms with E-state index in [1.165, 1.54) is 5.56 Å². The largest absolute Gasteiger partial charge is 0.451 e. The van der Waals surface area contributed by atoms with Crippen molar-refractivity contribution in [2.45, 2.75) is 19.4 Å². The summed E-state index contributed by atoms with van der Waals surface area (Å²) in [6.07, 6.45) is 1.00. The number of benzene rings is 1. The predicted octanol–water partition coefficient (Wildman–Crippen LogP) is 2.18. The maximum atomic E-state index is 12.4. The van der Waals surface area contributed by atoms with Crippen molar-refractivity contribution in [1.82, 2.24) is 10.2 Å². The van der Waals surface area contributed by atoms with Gasteiger partial charge in [-0.1, -0.05) is 11.6 Å². The van der Waals surface area contributed by atoms with Gasteiger partial charge in [0.25, 0.3) is 5.91 Å². The Morgan fingerprint density at radius 2 is 2.26 bits per heavy atom. The molecule has 2 heterocycles. The number of likely N-dealkylation sites (tertiary alicyclic amines) is 1. The average molecular weight is 258 g/mol. The monoisotopic (exact) mass is 258 g/mol. The van der Waals surface area contributed by atoms with Crippen molar-refractivity contribution >= 4 is 16.9 Å². The molecule has 1 saturated heterocycles. The number of carbonyl (C=O) groups is 1. The van der Waals surface area contributed by atoms with Gasteiger partial charge in [-0.25, -0.2) is 0 Å². The SMILES string of the molecule is CNC1CCN(C(=O)c2cc3cc(C)ccc3o2)C1.